The number of hydrogen-bond donors (Lipinski definition) is 2. The second-order valence-electron chi connectivity index (χ2n) is 6.59. The lowest BCUT2D eigenvalue weighted by Crippen LogP contribution is -2.36. The fourth-order valence-electron chi connectivity index (χ4n) is 2.66. The van der Waals surface area contributed by atoms with Crippen molar-refractivity contribution in [2.75, 3.05) is 13.2 Å². The summed E-state index contributed by atoms with van der Waals surface area (Å²) in [5, 5.41) is 6.38. The molecule has 0 radical (unpaired) electrons. The van der Waals surface area contributed by atoms with Crippen LogP contribution in [0.5, 0.6) is 5.75 Å². The van der Waals surface area contributed by atoms with Crippen LogP contribution in [0.2, 0.25) is 0 Å². The molecule has 0 bridgehead atoms. The van der Waals surface area contributed by atoms with Crippen molar-refractivity contribution in [3.05, 3.63) is 72.4 Å². The summed E-state index contributed by atoms with van der Waals surface area (Å²) in [6.07, 6.45) is 2.56. The first-order valence-electron chi connectivity index (χ1n) is 9.67. The van der Waals surface area contributed by atoms with Crippen molar-refractivity contribution >= 4 is 5.96 Å². The zero-order valence-corrected chi connectivity index (χ0v) is 16.9. The maximum atomic E-state index is 12.2. The number of aromatic nitrogens is 3. The highest BCUT2D eigenvalue weighted by Crippen LogP contribution is 2.18. The molecule has 0 atom stereocenters. The Balaban J connectivity index is 1.57. The lowest BCUT2D eigenvalue weighted by molar-refractivity contribution is -0.153. The smallest absolute Gasteiger partial charge is 0.422 e. The Labute approximate surface area is 178 Å². The van der Waals surface area contributed by atoms with Crippen molar-refractivity contribution in [2.45, 2.75) is 26.2 Å². The predicted octanol–water partition coefficient (Wildman–Crippen LogP) is 3.46. The van der Waals surface area contributed by atoms with Crippen molar-refractivity contribution in [2.24, 2.45) is 4.99 Å². The molecule has 2 heterocycles. The summed E-state index contributed by atoms with van der Waals surface area (Å²) in [6, 6.07) is 10.3. The van der Waals surface area contributed by atoms with Crippen molar-refractivity contribution < 1.29 is 17.9 Å². The van der Waals surface area contributed by atoms with E-state index in [0.29, 0.717) is 25.6 Å². The molecule has 0 aliphatic heterocycles. The molecule has 0 amide bonds. The highest BCUT2D eigenvalue weighted by atomic mass is 19.4. The molecular weight excluding hydrogens is 409 g/mol. The lowest BCUT2D eigenvalue weighted by atomic mass is 10.2. The molecule has 0 unspecified atom stereocenters. The van der Waals surface area contributed by atoms with Crippen molar-refractivity contribution in [1.82, 2.24) is 25.2 Å². The molecule has 0 saturated carbocycles. The van der Waals surface area contributed by atoms with Crippen LogP contribution in [0.3, 0.4) is 0 Å². The molecule has 31 heavy (non-hydrogen) atoms. The molecule has 3 rings (SSSR count). The van der Waals surface area contributed by atoms with Crippen LogP contribution in [0.25, 0.3) is 5.82 Å². The van der Waals surface area contributed by atoms with E-state index in [4.69, 9.17) is 4.74 Å². The number of imidazole rings is 1. The Kier molecular flexibility index (Phi) is 7.47. The minimum atomic E-state index is -4.36. The third-order valence-electron chi connectivity index (χ3n) is 4.13. The van der Waals surface area contributed by atoms with Crippen molar-refractivity contribution in [3.63, 3.8) is 0 Å². The molecule has 7 nitrogen and oxygen atoms in total. The second-order valence-corrected chi connectivity index (χ2v) is 6.59. The van der Waals surface area contributed by atoms with Crippen LogP contribution in [-0.4, -0.2) is 39.8 Å². The van der Waals surface area contributed by atoms with Crippen molar-refractivity contribution in [1.29, 1.82) is 0 Å². The summed E-state index contributed by atoms with van der Waals surface area (Å²) < 4.78 is 43.2. The molecule has 1 aromatic carbocycles. The topological polar surface area (TPSA) is 76.4 Å². The van der Waals surface area contributed by atoms with Crippen molar-refractivity contribution in [3.8, 4) is 11.6 Å². The molecule has 3 aromatic rings. The maximum Gasteiger partial charge on any atom is 0.422 e. The van der Waals surface area contributed by atoms with Crippen LogP contribution in [-0.2, 0) is 13.1 Å². The molecule has 0 saturated heterocycles. The van der Waals surface area contributed by atoms with Crippen LogP contribution >= 0.6 is 0 Å². The highest BCUT2D eigenvalue weighted by molar-refractivity contribution is 5.79. The Morgan fingerprint density at radius 3 is 2.58 bits per heavy atom. The van der Waals surface area contributed by atoms with Crippen LogP contribution in [0.4, 0.5) is 13.2 Å². The van der Waals surface area contributed by atoms with Gasteiger partial charge in [0.2, 0.25) is 0 Å². The van der Waals surface area contributed by atoms with Gasteiger partial charge in [0.15, 0.2) is 12.6 Å². The predicted molar refractivity (Wildman–Crippen MR) is 111 cm³/mol. The van der Waals surface area contributed by atoms with E-state index in [2.05, 4.69) is 25.6 Å². The van der Waals surface area contributed by atoms with Crippen LogP contribution in [0.15, 0.2) is 66.3 Å². The van der Waals surface area contributed by atoms with Gasteiger partial charge in [-0.1, -0.05) is 12.1 Å². The average molecular weight is 432 g/mol. The first kappa shape index (κ1) is 22.1. The number of nitrogens with one attached hydrogen (secondary N) is 2. The summed E-state index contributed by atoms with van der Waals surface area (Å²) in [7, 11) is 0. The van der Waals surface area contributed by atoms with Gasteiger partial charge in [0.1, 0.15) is 17.9 Å². The number of pyridine rings is 1. The van der Waals surface area contributed by atoms with Crippen LogP contribution in [0, 0.1) is 0 Å². The van der Waals surface area contributed by atoms with E-state index in [1.807, 2.05) is 29.8 Å². The Bertz CT molecular complexity index is 972. The second kappa shape index (κ2) is 10.5. The number of nitrogens with zero attached hydrogens (tertiary/aromatic N) is 4. The normalized spacial score (nSPS) is 11.9. The number of benzene rings is 1. The van der Waals surface area contributed by atoms with E-state index in [1.54, 1.807) is 30.9 Å². The molecule has 0 aliphatic carbocycles. The van der Waals surface area contributed by atoms with E-state index < -0.39 is 12.8 Å². The van der Waals surface area contributed by atoms with Gasteiger partial charge in [0.05, 0.1) is 6.54 Å². The van der Waals surface area contributed by atoms with Gasteiger partial charge in [-0.3, -0.25) is 4.57 Å². The first-order chi connectivity index (χ1) is 14.9. The van der Waals surface area contributed by atoms with Gasteiger partial charge < -0.3 is 15.4 Å². The van der Waals surface area contributed by atoms with Gasteiger partial charge in [-0.05, 0) is 42.3 Å². The maximum absolute atomic E-state index is 12.2. The van der Waals surface area contributed by atoms with E-state index >= 15 is 0 Å². The molecule has 2 aromatic heterocycles. The zero-order chi connectivity index (χ0) is 22.1. The number of aliphatic imine (C=N–C) groups is 1. The molecule has 164 valence electrons. The molecule has 0 fully saturated rings. The van der Waals surface area contributed by atoms with Gasteiger partial charge >= 0.3 is 6.18 Å². The van der Waals surface area contributed by atoms with Gasteiger partial charge in [-0.2, -0.15) is 13.2 Å². The largest absolute Gasteiger partial charge is 0.484 e. The molecule has 10 heteroatoms. The monoisotopic (exact) mass is 432 g/mol. The highest BCUT2D eigenvalue weighted by Gasteiger charge is 2.28. The summed E-state index contributed by atoms with van der Waals surface area (Å²) in [4.78, 5) is 12.9. The van der Waals surface area contributed by atoms with Crippen LogP contribution in [0.1, 0.15) is 18.1 Å². The zero-order valence-electron chi connectivity index (χ0n) is 16.9. The third kappa shape index (κ3) is 7.32. The third-order valence-corrected chi connectivity index (χ3v) is 4.13. The van der Waals surface area contributed by atoms with Crippen LogP contribution < -0.4 is 15.4 Å². The standard InChI is InChI=1S/C21H23F3N6O/c1-2-26-20(28-12-16-3-5-18(6-4-16)31-14-21(22,23)24)29-13-17-7-8-27-19(11-17)30-10-9-25-15-30/h3-11,15H,2,12-14H2,1H3,(H2,26,28,29). The molecule has 0 spiro atoms. The van der Waals surface area contributed by atoms with Gasteiger partial charge in [0.25, 0.3) is 0 Å². The minimum absolute atomic E-state index is 0.174. The quantitative estimate of drug-likeness (QED) is 0.421. The summed E-state index contributed by atoms with van der Waals surface area (Å²) >= 11 is 0. The Hall–Kier alpha value is -3.56. The summed E-state index contributed by atoms with van der Waals surface area (Å²) in [5.74, 6) is 1.56. The molecular formula is C21H23F3N6O. The summed E-state index contributed by atoms with van der Waals surface area (Å²) in [5.41, 5.74) is 1.87. The average Bonchev–Trinajstić information content (AvgIpc) is 3.30. The summed E-state index contributed by atoms with van der Waals surface area (Å²) in [6.45, 7) is 2.26. The number of halogens is 3. The first-order valence-corrected chi connectivity index (χ1v) is 9.67. The Morgan fingerprint density at radius 2 is 1.90 bits per heavy atom. The number of alkyl halides is 3. The van der Waals surface area contributed by atoms with E-state index in [9.17, 15) is 13.2 Å². The Morgan fingerprint density at radius 1 is 1.10 bits per heavy atom. The van der Waals surface area contributed by atoms with E-state index in [-0.39, 0.29) is 5.75 Å². The minimum Gasteiger partial charge on any atom is -0.484 e. The molecule has 2 N–H and O–H groups in total. The van der Waals surface area contributed by atoms with Gasteiger partial charge in [-0.25, -0.2) is 15.0 Å². The van der Waals surface area contributed by atoms with E-state index in [1.165, 1.54) is 12.1 Å². The fourth-order valence-corrected chi connectivity index (χ4v) is 2.66. The number of hydrogen-bond acceptors (Lipinski definition) is 4. The van der Waals surface area contributed by atoms with Gasteiger partial charge in [-0.15, -0.1) is 0 Å². The fraction of sp³-hybridized carbons (Fsp3) is 0.286. The lowest BCUT2D eigenvalue weighted by Gasteiger charge is -2.12. The SMILES string of the molecule is CCNC(=NCc1ccnc(-n2ccnc2)c1)NCc1ccc(OCC(F)(F)F)cc1. The number of ether oxygens (including phenoxy) is 1. The van der Waals surface area contributed by atoms with Gasteiger partial charge in [0, 0.05) is 31.7 Å². The van der Waals surface area contributed by atoms with E-state index in [0.717, 1.165) is 16.9 Å². The molecule has 0 aliphatic rings. The number of guanidine groups is 1. The number of rotatable bonds is 8.